The fraction of sp³-hybridized carbons (Fsp3) is 0.867. The van der Waals surface area contributed by atoms with E-state index in [0.29, 0.717) is 11.5 Å². The highest BCUT2D eigenvalue weighted by atomic mass is 14.8. The molecule has 0 spiro atoms. The summed E-state index contributed by atoms with van der Waals surface area (Å²) in [7, 11) is 2.03. The van der Waals surface area contributed by atoms with Crippen LogP contribution in [0.5, 0.6) is 0 Å². The van der Waals surface area contributed by atoms with Crippen molar-refractivity contribution < 1.29 is 0 Å². The largest absolute Gasteiger partial charge is 0.317 e. The molecule has 1 N–H and O–H groups in total. The summed E-state index contributed by atoms with van der Waals surface area (Å²) in [6.07, 6.45) is 7.47. The van der Waals surface area contributed by atoms with Crippen molar-refractivity contribution in [1.29, 1.82) is 0 Å². The van der Waals surface area contributed by atoms with Crippen LogP contribution in [0.1, 0.15) is 66.2 Å². The molecule has 1 heteroatoms. The van der Waals surface area contributed by atoms with Gasteiger partial charge in [0.15, 0.2) is 0 Å². The number of nitrogens with one attached hydrogen (secondary N) is 1. The number of rotatable bonds is 9. The molecule has 0 bridgehead atoms. The molecule has 0 radical (unpaired) electrons. The molecule has 16 heavy (non-hydrogen) atoms. The normalized spacial score (nSPS) is 13.8. The van der Waals surface area contributed by atoms with Gasteiger partial charge in [-0.05, 0) is 51.5 Å². The third-order valence-corrected chi connectivity index (χ3v) is 3.77. The minimum atomic E-state index is 0.487. The zero-order valence-corrected chi connectivity index (χ0v) is 12.0. The van der Waals surface area contributed by atoms with Crippen molar-refractivity contribution in [1.82, 2.24) is 5.32 Å². The Balaban J connectivity index is 3.60. The van der Waals surface area contributed by atoms with E-state index in [1.807, 2.05) is 7.05 Å². The van der Waals surface area contributed by atoms with E-state index in [1.165, 1.54) is 44.1 Å². The third kappa shape index (κ3) is 7.92. The predicted molar refractivity (Wildman–Crippen MR) is 74.8 cm³/mol. The lowest BCUT2D eigenvalue weighted by Crippen LogP contribution is -2.20. The van der Waals surface area contributed by atoms with Crippen LogP contribution >= 0.6 is 0 Å². The topological polar surface area (TPSA) is 12.0 Å². The van der Waals surface area contributed by atoms with Gasteiger partial charge < -0.3 is 5.32 Å². The lowest BCUT2D eigenvalue weighted by atomic mass is 9.83. The van der Waals surface area contributed by atoms with Gasteiger partial charge in [-0.25, -0.2) is 0 Å². The second-order valence-corrected chi connectivity index (χ2v) is 5.85. The fourth-order valence-corrected chi connectivity index (χ4v) is 1.62. The summed E-state index contributed by atoms with van der Waals surface area (Å²) in [4.78, 5) is 0. The Labute approximate surface area is 103 Å². The first-order valence-electron chi connectivity index (χ1n) is 6.75. The van der Waals surface area contributed by atoms with Crippen molar-refractivity contribution in [2.24, 2.45) is 5.41 Å². The predicted octanol–water partition coefficient (Wildman–Crippen LogP) is 4.54. The molecular weight excluding hydrogens is 194 g/mol. The standard InChI is InChI=1S/C15H31N/c1-7-15(4,5)12-11-13(2)9-8-10-14(3)16-6/h14,16H,2,7-12H2,1,3-6H3. The molecule has 0 rings (SSSR count). The van der Waals surface area contributed by atoms with Crippen LogP contribution in [0.25, 0.3) is 0 Å². The van der Waals surface area contributed by atoms with Gasteiger partial charge in [0.1, 0.15) is 0 Å². The molecule has 0 aromatic heterocycles. The van der Waals surface area contributed by atoms with Gasteiger partial charge in [-0.15, -0.1) is 0 Å². The lowest BCUT2D eigenvalue weighted by molar-refractivity contribution is 0.320. The minimum absolute atomic E-state index is 0.487. The zero-order chi connectivity index (χ0) is 12.6. The summed E-state index contributed by atoms with van der Waals surface area (Å²) >= 11 is 0. The maximum absolute atomic E-state index is 4.19. The maximum atomic E-state index is 4.19. The highest BCUT2D eigenvalue weighted by molar-refractivity contribution is 4.95. The van der Waals surface area contributed by atoms with Gasteiger partial charge in [0, 0.05) is 6.04 Å². The van der Waals surface area contributed by atoms with Crippen molar-refractivity contribution in [3.8, 4) is 0 Å². The Hall–Kier alpha value is -0.300. The van der Waals surface area contributed by atoms with E-state index in [4.69, 9.17) is 0 Å². The molecule has 0 saturated carbocycles. The summed E-state index contributed by atoms with van der Waals surface area (Å²) in [6, 6.07) is 0.639. The van der Waals surface area contributed by atoms with Gasteiger partial charge in [-0.3, -0.25) is 0 Å². The van der Waals surface area contributed by atoms with E-state index in [2.05, 4.69) is 39.6 Å². The average Bonchev–Trinajstić information content (AvgIpc) is 2.26. The van der Waals surface area contributed by atoms with Crippen LogP contribution in [0, 0.1) is 5.41 Å². The molecular formula is C15H31N. The Morgan fingerprint density at radius 3 is 2.44 bits per heavy atom. The summed E-state index contributed by atoms with van der Waals surface area (Å²) in [5.41, 5.74) is 1.92. The first-order valence-corrected chi connectivity index (χ1v) is 6.75. The summed E-state index contributed by atoms with van der Waals surface area (Å²) in [6.45, 7) is 13.4. The van der Waals surface area contributed by atoms with Crippen molar-refractivity contribution >= 4 is 0 Å². The molecule has 0 aliphatic rings. The molecule has 96 valence electrons. The van der Waals surface area contributed by atoms with E-state index in [9.17, 15) is 0 Å². The van der Waals surface area contributed by atoms with E-state index in [0.717, 1.165) is 0 Å². The van der Waals surface area contributed by atoms with Crippen LogP contribution in [-0.4, -0.2) is 13.1 Å². The molecule has 1 nitrogen and oxygen atoms in total. The van der Waals surface area contributed by atoms with Crippen molar-refractivity contribution in [3.63, 3.8) is 0 Å². The number of allylic oxidation sites excluding steroid dienone is 1. The molecule has 0 aliphatic heterocycles. The second-order valence-electron chi connectivity index (χ2n) is 5.85. The summed E-state index contributed by atoms with van der Waals surface area (Å²) in [5.74, 6) is 0. The minimum Gasteiger partial charge on any atom is -0.317 e. The smallest absolute Gasteiger partial charge is 0.00358 e. The lowest BCUT2D eigenvalue weighted by Gasteiger charge is -2.23. The van der Waals surface area contributed by atoms with Crippen molar-refractivity contribution in [2.45, 2.75) is 72.3 Å². The first-order chi connectivity index (χ1) is 7.41. The Bertz CT molecular complexity index is 194. The van der Waals surface area contributed by atoms with Crippen LogP contribution in [0.4, 0.5) is 0 Å². The Kier molecular flexibility index (Phi) is 7.74. The van der Waals surface area contributed by atoms with Crippen LogP contribution in [0.15, 0.2) is 12.2 Å². The van der Waals surface area contributed by atoms with Crippen LogP contribution < -0.4 is 5.32 Å². The molecule has 0 amide bonds. The van der Waals surface area contributed by atoms with Gasteiger partial charge in [0.25, 0.3) is 0 Å². The highest BCUT2D eigenvalue weighted by Crippen LogP contribution is 2.28. The second kappa shape index (κ2) is 7.89. The van der Waals surface area contributed by atoms with E-state index < -0.39 is 0 Å². The Morgan fingerprint density at radius 1 is 1.31 bits per heavy atom. The molecule has 1 unspecified atom stereocenters. The van der Waals surface area contributed by atoms with Gasteiger partial charge in [0.2, 0.25) is 0 Å². The number of hydrogen-bond acceptors (Lipinski definition) is 1. The van der Waals surface area contributed by atoms with E-state index >= 15 is 0 Å². The first kappa shape index (κ1) is 15.7. The van der Waals surface area contributed by atoms with Crippen molar-refractivity contribution in [2.75, 3.05) is 7.05 Å². The third-order valence-electron chi connectivity index (χ3n) is 3.77. The van der Waals surface area contributed by atoms with Crippen LogP contribution in [-0.2, 0) is 0 Å². The highest BCUT2D eigenvalue weighted by Gasteiger charge is 2.14. The Morgan fingerprint density at radius 2 is 1.94 bits per heavy atom. The zero-order valence-electron chi connectivity index (χ0n) is 12.0. The maximum Gasteiger partial charge on any atom is 0.00358 e. The average molecular weight is 225 g/mol. The van der Waals surface area contributed by atoms with Crippen LogP contribution in [0.2, 0.25) is 0 Å². The monoisotopic (exact) mass is 225 g/mol. The van der Waals surface area contributed by atoms with Gasteiger partial charge >= 0.3 is 0 Å². The molecule has 1 atom stereocenters. The van der Waals surface area contributed by atoms with Gasteiger partial charge in [-0.1, -0.05) is 39.3 Å². The van der Waals surface area contributed by atoms with E-state index in [-0.39, 0.29) is 0 Å². The summed E-state index contributed by atoms with van der Waals surface area (Å²) < 4.78 is 0. The fourth-order valence-electron chi connectivity index (χ4n) is 1.62. The molecule has 0 aromatic carbocycles. The molecule has 0 fully saturated rings. The van der Waals surface area contributed by atoms with E-state index in [1.54, 1.807) is 0 Å². The SMILES string of the molecule is C=C(CCCC(C)NC)CCC(C)(C)CC. The summed E-state index contributed by atoms with van der Waals surface area (Å²) in [5, 5.41) is 3.27. The van der Waals surface area contributed by atoms with Gasteiger partial charge in [0.05, 0.1) is 0 Å². The number of hydrogen-bond donors (Lipinski definition) is 1. The molecule has 0 heterocycles. The van der Waals surface area contributed by atoms with Crippen molar-refractivity contribution in [3.05, 3.63) is 12.2 Å². The van der Waals surface area contributed by atoms with Crippen LogP contribution in [0.3, 0.4) is 0 Å². The molecule has 0 saturated heterocycles. The van der Waals surface area contributed by atoms with Gasteiger partial charge in [-0.2, -0.15) is 0 Å². The molecule has 0 aliphatic carbocycles. The molecule has 0 aromatic rings. The quantitative estimate of drug-likeness (QED) is 0.568.